The second-order valence-electron chi connectivity index (χ2n) is 5.80. The molecule has 0 aliphatic carbocycles. The van der Waals surface area contributed by atoms with Crippen LogP contribution in [-0.4, -0.2) is 24.5 Å². The Morgan fingerprint density at radius 3 is 2.27 bits per heavy atom. The standard InChI is InChI=1S/C21H24N2O3/c1-3-4-15-26-16(2)20(24)23-19(17-11-7-5-8-12-17)21(25)22-18-13-9-6-10-14-18/h3,5-14,16,19H,1,4,15H2,2H3,(H,22,25)(H,23,24). The van der Waals surface area contributed by atoms with Crippen LogP contribution in [0.5, 0.6) is 0 Å². The molecule has 2 aromatic rings. The van der Waals surface area contributed by atoms with Crippen molar-refractivity contribution in [3.05, 3.63) is 78.9 Å². The quantitative estimate of drug-likeness (QED) is 0.536. The van der Waals surface area contributed by atoms with Gasteiger partial charge in [0.2, 0.25) is 5.91 Å². The van der Waals surface area contributed by atoms with Crippen LogP contribution in [0.15, 0.2) is 73.3 Å². The summed E-state index contributed by atoms with van der Waals surface area (Å²) in [6.45, 7) is 5.69. The molecule has 2 atom stereocenters. The summed E-state index contributed by atoms with van der Waals surface area (Å²) < 4.78 is 5.46. The zero-order chi connectivity index (χ0) is 18.8. The molecular weight excluding hydrogens is 328 g/mol. The highest BCUT2D eigenvalue weighted by Crippen LogP contribution is 2.16. The molecular formula is C21H24N2O3. The van der Waals surface area contributed by atoms with E-state index < -0.39 is 12.1 Å². The summed E-state index contributed by atoms with van der Waals surface area (Å²) in [6.07, 6.45) is 1.73. The van der Waals surface area contributed by atoms with Crippen LogP contribution >= 0.6 is 0 Å². The zero-order valence-corrected chi connectivity index (χ0v) is 14.9. The molecule has 5 heteroatoms. The van der Waals surface area contributed by atoms with E-state index in [2.05, 4.69) is 17.2 Å². The number of anilines is 1. The Kier molecular flexibility index (Phi) is 7.58. The Hall–Kier alpha value is -2.92. The fraction of sp³-hybridized carbons (Fsp3) is 0.238. The van der Waals surface area contributed by atoms with Gasteiger partial charge in [-0.1, -0.05) is 54.6 Å². The van der Waals surface area contributed by atoms with Gasteiger partial charge in [0, 0.05) is 5.69 Å². The maximum Gasteiger partial charge on any atom is 0.251 e. The second-order valence-corrected chi connectivity index (χ2v) is 5.80. The van der Waals surface area contributed by atoms with Crippen molar-refractivity contribution in [2.75, 3.05) is 11.9 Å². The van der Waals surface area contributed by atoms with Gasteiger partial charge in [-0.05, 0) is 31.0 Å². The first-order chi connectivity index (χ1) is 12.6. The van der Waals surface area contributed by atoms with Gasteiger partial charge >= 0.3 is 0 Å². The van der Waals surface area contributed by atoms with Gasteiger partial charge in [0.25, 0.3) is 5.91 Å². The molecule has 2 N–H and O–H groups in total. The van der Waals surface area contributed by atoms with Gasteiger partial charge in [0.15, 0.2) is 0 Å². The summed E-state index contributed by atoms with van der Waals surface area (Å²) in [5, 5.41) is 5.61. The van der Waals surface area contributed by atoms with Crippen molar-refractivity contribution in [2.45, 2.75) is 25.5 Å². The average Bonchev–Trinajstić information content (AvgIpc) is 2.67. The van der Waals surface area contributed by atoms with Crippen LogP contribution in [0.1, 0.15) is 24.9 Å². The van der Waals surface area contributed by atoms with Gasteiger partial charge in [0.1, 0.15) is 12.1 Å². The molecule has 2 rings (SSSR count). The monoisotopic (exact) mass is 352 g/mol. The molecule has 2 amide bonds. The molecule has 5 nitrogen and oxygen atoms in total. The van der Waals surface area contributed by atoms with Gasteiger partial charge in [0.05, 0.1) is 6.61 Å². The molecule has 0 heterocycles. The summed E-state index contributed by atoms with van der Waals surface area (Å²) in [6, 6.07) is 17.4. The molecule has 0 aromatic heterocycles. The highest BCUT2D eigenvalue weighted by Gasteiger charge is 2.25. The molecule has 0 bridgehead atoms. The predicted octanol–water partition coefficient (Wildman–Crippen LogP) is 3.46. The smallest absolute Gasteiger partial charge is 0.251 e. The summed E-state index contributed by atoms with van der Waals surface area (Å²) in [5.74, 6) is -0.653. The van der Waals surface area contributed by atoms with E-state index in [0.29, 0.717) is 24.3 Å². The Morgan fingerprint density at radius 1 is 1.04 bits per heavy atom. The minimum atomic E-state index is -0.811. The molecule has 0 radical (unpaired) electrons. The molecule has 2 unspecified atom stereocenters. The lowest BCUT2D eigenvalue weighted by Crippen LogP contribution is -2.42. The van der Waals surface area contributed by atoms with Crippen LogP contribution in [0.4, 0.5) is 5.69 Å². The van der Waals surface area contributed by atoms with Crippen LogP contribution in [0, 0.1) is 0 Å². The molecule has 136 valence electrons. The van der Waals surface area contributed by atoms with Crippen LogP contribution in [0.2, 0.25) is 0 Å². The predicted molar refractivity (Wildman–Crippen MR) is 103 cm³/mol. The third kappa shape index (κ3) is 5.86. The molecule has 0 aliphatic heterocycles. The normalized spacial score (nSPS) is 12.7. The molecule has 26 heavy (non-hydrogen) atoms. The number of para-hydroxylation sites is 1. The number of hydrogen-bond acceptors (Lipinski definition) is 3. The van der Waals surface area contributed by atoms with Crippen molar-refractivity contribution >= 4 is 17.5 Å². The fourth-order valence-electron chi connectivity index (χ4n) is 2.35. The molecule has 0 spiro atoms. The maximum absolute atomic E-state index is 12.8. The van der Waals surface area contributed by atoms with E-state index in [1.54, 1.807) is 37.3 Å². The first-order valence-electron chi connectivity index (χ1n) is 8.55. The highest BCUT2D eigenvalue weighted by atomic mass is 16.5. The van der Waals surface area contributed by atoms with E-state index in [4.69, 9.17) is 4.74 Å². The summed E-state index contributed by atoms with van der Waals surface area (Å²) in [7, 11) is 0. The Bertz CT molecular complexity index is 717. The number of carbonyl (C=O) groups is 2. The van der Waals surface area contributed by atoms with Crippen LogP contribution < -0.4 is 10.6 Å². The van der Waals surface area contributed by atoms with E-state index in [1.807, 2.05) is 36.4 Å². The fourth-order valence-corrected chi connectivity index (χ4v) is 2.35. The molecule has 0 saturated heterocycles. The Labute approximate surface area is 154 Å². The van der Waals surface area contributed by atoms with Gasteiger partial charge in [-0.2, -0.15) is 0 Å². The van der Waals surface area contributed by atoms with E-state index in [-0.39, 0.29) is 11.8 Å². The third-order valence-corrected chi connectivity index (χ3v) is 3.78. The molecule has 0 saturated carbocycles. The first kappa shape index (κ1) is 19.4. The number of rotatable bonds is 9. The van der Waals surface area contributed by atoms with E-state index in [9.17, 15) is 9.59 Å². The lowest BCUT2D eigenvalue weighted by atomic mass is 10.1. The minimum absolute atomic E-state index is 0.311. The van der Waals surface area contributed by atoms with Crippen molar-refractivity contribution in [1.29, 1.82) is 0 Å². The number of hydrogen-bond donors (Lipinski definition) is 2. The van der Waals surface area contributed by atoms with Crippen LogP contribution in [-0.2, 0) is 14.3 Å². The first-order valence-corrected chi connectivity index (χ1v) is 8.55. The average molecular weight is 352 g/mol. The number of ether oxygens (including phenoxy) is 1. The number of benzene rings is 2. The van der Waals surface area contributed by atoms with Crippen molar-refractivity contribution in [3.63, 3.8) is 0 Å². The van der Waals surface area contributed by atoms with E-state index in [1.165, 1.54) is 0 Å². The van der Waals surface area contributed by atoms with Crippen molar-refractivity contribution in [2.24, 2.45) is 0 Å². The largest absolute Gasteiger partial charge is 0.368 e. The SMILES string of the molecule is C=CCCOC(C)C(=O)NC(C(=O)Nc1ccccc1)c1ccccc1. The van der Waals surface area contributed by atoms with Gasteiger partial charge < -0.3 is 15.4 Å². The zero-order valence-electron chi connectivity index (χ0n) is 14.9. The topological polar surface area (TPSA) is 67.4 Å². The minimum Gasteiger partial charge on any atom is -0.368 e. The second kappa shape index (κ2) is 10.2. The summed E-state index contributed by atoms with van der Waals surface area (Å²) >= 11 is 0. The van der Waals surface area contributed by atoms with Crippen molar-refractivity contribution < 1.29 is 14.3 Å². The Morgan fingerprint density at radius 2 is 1.65 bits per heavy atom. The number of amides is 2. The van der Waals surface area contributed by atoms with Crippen LogP contribution in [0.3, 0.4) is 0 Å². The summed E-state index contributed by atoms with van der Waals surface area (Å²) in [5.41, 5.74) is 1.37. The molecule has 0 fully saturated rings. The van der Waals surface area contributed by atoms with Crippen molar-refractivity contribution in [3.8, 4) is 0 Å². The Balaban J connectivity index is 2.10. The molecule has 2 aromatic carbocycles. The highest BCUT2D eigenvalue weighted by molar-refractivity contribution is 5.98. The number of carbonyl (C=O) groups excluding carboxylic acids is 2. The third-order valence-electron chi connectivity index (χ3n) is 3.78. The van der Waals surface area contributed by atoms with Gasteiger partial charge in [-0.15, -0.1) is 6.58 Å². The van der Waals surface area contributed by atoms with E-state index in [0.717, 1.165) is 0 Å². The van der Waals surface area contributed by atoms with E-state index >= 15 is 0 Å². The van der Waals surface area contributed by atoms with Gasteiger partial charge in [-0.3, -0.25) is 9.59 Å². The van der Waals surface area contributed by atoms with Crippen LogP contribution in [0.25, 0.3) is 0 Å². The maximum atomic E-state index is 12.8. The lowest BCUT2D eigenvalue weighted by molar-refractivity contribution is -0.134. The number of nitrogens with one attached hydrogen (secondary N) is 2. The van der Waals surface area contributed by atoms with Crippen molar-refractivity contribution in [1.82, 2.24) is 5.32 Å². The summed E-state index contributed by atoms with van der Waals surface area (Å²) in [4.78, 5) is 25.2. The van der Waals surface area contributed by atoms with Gasteiger partial charge in [-0.25, -0.2) is 0 Å². The molecule has 0 aliphatic rings. The lowest BCUT2D eigenvalue weighted by Gasteiger charge is -2.21.